The molecule has 0 bridgehead atoms. The second-order valence-corrected chi connectivity index (χ2v) is 8.23. The Morgan fingerprint density at radius 2 is 1.54 bits per heavy atom. The van der Waals surface area contributed by atoms with Crippen LogP contribution in [0.2, 0.25) is 0 Å². The van der Waals surface area contributed by atoms with Gasteiger partial charge >= 0.3 is 6.09 Å². The number of benzene rings is 2. The topological polar surface area (TPSA) is 55.4 Å². The fourth-order valence-electron chi connectivity index (χ4n) is 4.23. The summed E-state index contributed by atoms with van der Waals surface area (Å²) in [5, 5.41) is 2.76. The molecule has 2 aromatic carbocycles. The lowest BCUT2D eigenvalue weighted by molar-refractivity contribution is -0.125. The number of hydrogen-bond acceptors (Lipinski definition) is 3. The van der Waals surface area contributed by atoms with Gasteiger partial charge in [-0.3, -0.25) is 4.79 Å². The summed E-state index contributed by atoms with van der Waals surface area (Å²) in [6.07, 6.45) is 0.933. The normalized spacial score (nSPS) is 24.6. The molecule has 5 nitrogen and oxygen atoms in total. The quantitative estimate of drug-likeness (QED) is 0.792. The van der Waals surface area contributed by atoms with Crippen LogP contribution in [0.4, 0.5) is 10.5 Å². The number of likely N-dealkylation sites (tertiary alicyclic amines) is 1. The molecule has 1 heterocycles. The average molecular weight is 381 g/mol. The van der Waals surface area contributed by atoms with E-state index < -0.39 is 17.7 Å². The molecule has 28 heavy (non-hydrogen) atoms. The number of hydrogen-bond donors (Lipinski definition) is 1. The first-order valence-electron chi connectivity index (χ1n) is 9.75. The molecule has 1 saturated heterocycles. The minimum absolute atomic E-state index is 0.145. The summed E-state index contributed by atoms with van der Waals surface area (Å²) in [6, 6.07) is 18.8. The van der Waals surface area contributed by atoms with Crippen LogP contribution in [-0.4, -0.2) is 30.7 Å². The Balaban J connectivity index is 2.25. The minimum Gasteiger partial charge on any atom is -0.414 e. The third-order valence-corrected chi connectivity index (χ3v) is 5.31. The standard InChI is InChI=1S/C23H28N2O3/c1-23(2,3)28-22(27)25(18-13-9-6-10-14-18)19(17-11-7-5-8-12-17)15-16-20(25)21(26)24-4/h5-14,19-20H,15-16H2,1-4H3/p+1. The molecule has 148 valence electrons. The third kappa shape index (κ3) is 3.54. The third-order valence-electron chi connectivity index (χ3n) is 5.31. The van der Waals surface area contributed by atoms with E-state index in [4.69, 9.17) is 4.74 Å². The van der Waals surface area contributed by atoms with Crippen molar-refractivity contribution in [1.29, 1.82) is 0 Å². The van der Waals surface area contributed by atoms with Crippen molar-refractivity contribution >= 4 is 17.7 Å². The highest BCUT2D eigenvalue weighted by molar-refractivity contribution is 5.95. The first-order valence-corrected chi connectivity index (χ1v) is 9.75. The Hall–Kier alpha value is -2.66. The Bertz CT molecular complexity index is 830. The molecule has 0 radical (unpaired) electrons. The highest BCUT2D eigenvalue weighted by Gasteiger charge is 2.61. The number of carbonyl (C=O) groups is 2. The van der Waals surface area contributed by atoms with Gasteiger partial charge in [0.25, 0.3) is 5.91 Å². The highest BCUT2D eigenvalue weighted by Crippen LogP contribution is 2.48. The first-order chi connectivity index (χ1) is 13.3. The SMILES string of the molecule is CNC(=O)C1CCC(c2ccccc2)[N+]1(C(=O)OC(C)(C)C)c1ccccc1. The second-order valence-electron chi connectivity index (χ2n) is 8.23. The summed E-state index contributed by atoms with van der Waals surface area (Å²) in [4.78, 5) is 26.7. The number of ether oxygens (including phenoxy) is 1. The number of amides is 2. The van der Waals surface area contributed by atoms with Gasteiger partial charge in [-0.1, -0.05) is 48.5 Å². The van der Waals surface area contributed by atoms with Gasteiger partial charge in [-0.05, 0) is 32.9 Å². The number of likely N-dealkylation sites (N-methyl/N-ethyl adjacent to an activating group) is 1. The summed E-state index contributed by atoms with van der Waals surface area (Å²) < 4.78 is 5.76. The van der Waals surface area contributed by atoms with Crippen molar-refractivity contribution in [3.8, 4) is 0 Å². The van der Waals surface area contributed by atoms with E-state index in [1.807, 2.05) is 81.4 Å². The zero-order chi connectivity index (χ0) is 20.4. The fraction of sp³-hybridized carbons (Fsp3) is 0.391. The summed E-state index contributed by atoms with van der Waals surface area (Å²) in [5.41, 5.74) is 1.15. The van der Waals surface area contributed by atoms with Crippen LogP contribution >= 0.6 is 0 Å². The predicted molar refractivity (Wildman–Crippen MR) is 111 cm³/mol. The summed E-state index contributed by atoms with van der Waals surface area (Å²) in [5.74, 6) is -0.145. The van der Waals surface area contributed by atoms with E-state index in [1.165, 1.54) is 0 Å². The Kier molecular flexibility index (Phi) is 5.57. The molecule has 0 spiro atoms. The van der Waals surface area contributed by atoms with Gasteiger partial charge in [0.1, 0.15) is 17.3 Å². The molecule has 3 rings (SSSR count). The molecule has 1 fully saturated rings. The van der Waals surface area contributed by atoms with Gasteiger partial charge in [0.15, 0.2) is 6.04 Å². The minimum atomic E-state index is -0.659. The van der Waals surface area contributed by atoms with Gasteiger partial charge in [-0.2, -0.15) is 9.28 Å². The number of nitrogens with one attached hydrogen (secondary N) is 1. The van der Waals surface area contributed by atoms with Crippen LogP contribution in [0.15, 0.2) is 60.7 Å². The maximum atomic E-state index is 13.8. The predicted octanol–water partition coefficient (Wildman–Crippen LogP) is 4.58. The molecule has 0 aliphatic carbocycles. The van der Waals surface area contributed by atoms with E-state index in [-0.39, 0.29) is 16.4 Å². The van der Waals surface area contributed by atoms with Crippen LogP contribution in [0.5, 0.6) is 0 Å². The van der Waals surface area contributed by atoms with Gasteiger partial charge in [-0.15, -0.1) is 0 Å². The Morgan fingerprint density at radius 1 is 0.964 bits per heavy atom. The second kappa shape index (κ2) is 7.76. The molecule has 1 aliphatic heterocycles. The number of rotatable bonds is 3. The van der Waals surface area contributed by atoms with Crippen molar-refractivity contribution in [2.24, 2.45) is 0 Å². The molecule has 3 atom stereocenters. The monoisotopic (exact) mass is 381 g/mol. The molecule has 2 amide bonds. The van der Waals surface area contributed by atoms with Crippen molar-refractivity contribution in [2.45, 2.75) is 51.3 Å². The van der Waals surface area contributed by atoms with Gasteiger partial charge < -0.3 is 10.1 Å². The van der Waals surface area contributed by atoms with Crippen molar-refractivity contribution < 1.29 is 14.3 Å². The highest BCUT2D eigenvalue weighted by atomic mass is 16.6. The molecule has 0 aromatic heterocycles. The molecule has 2 aromatic rings. The Labute approximate surface area is 166 Å². The maximum absolute atomic E-state index is 13.8. The zero-order valence-electron chi connectivity index (χ0n) is 17.0. The number of nitrogens with zero attached hydrogens (tertiary/aromatic N) is 1. The zero-order valence-corrected chi connectivity index (χ0v) is 17.0. The summed E-state index contributed by atoms with van der Waals surface area (Å²) >= 11 is 0. The molecule has 1 aliphatic rings. The molecule has 3 unspecified atom stereocenters. The summed E-state index contributed by atoms with van der Waals surface area (Å²) in [7, 11) is 1.62. The number of para-hydroxylation sites is 1. The molecule has 5 heteroatoms. The number of quaternary nitrogens is 1. The van der Waals surface area contributed by atoms with Crippen molar-refractivity contribution in [3.05, 3.63) is 66.2 Å². The Morgan fingerprint density at radius 3 is 2.07 bits per heavy atom. The van der Waals surface area contributed by atoms with Crippen molar-refractivity contribution in [3.63, 3.8) is 0 Å². The molecule has 0 saturated carbocycles. The van der Waals surface area contributed by atoms with Crippen LogP contribution in [0.25, 0.3) is 0 Å². The molecule has 1 N–H and O–H groups in total. The summed E-state index contributed by atoms with van der Waals surface area (Å²) in [6.45, 7) is 5.57. The maximum Gasteiger partial charge on any atom is 0.522 e. The van der Waals surface area contributed by atoms with E-state index in [1.54, 1.807) is 7.05 Å². The van der Waals surface area contributed by atoms with E-state index in [2.05, 4.69) is 5.32 Å². The van der Waals surface area contributed by atoms with E-state index >= 15 is 0 Å². The lowest BCUT2D eigenvalue weighted by Gasteiger charge is -2.40. The van der Waals surface area contributed by atoms with Crippen LogP contribution < -0.4 is 9.80 Å². The molecular weight excluding hydrogens is 352 g/mol. The van der Waals surface area contributed by atoms with Gasteiger partial charge in [0.05, 0.1) is 0 Å². The van der Waals surface area contributed by atoms with Gasteiger partial charge in [-0.25, -0.2) is 0 Å². The average Bonchev–Trinajstić information content (AvgIpc) is 3.09. The van der Waals surface area contributed by atoms with E-state index in [0.717, 1.165) is 17.7 Å². The van der Waals surface area contributed by atoms with E-state index in [0.29, 0.717) is 6.42 Å². The van der Waals surface area contributed by atoms with Crippen LogP contribution in [0.3, 0.4) is 0 Å². The lowest BCUT2D eigenvalue weighted by Crippen LogP contribution is -2.64. The van der Waals surface area contributed by atoms with Crippen molar-refractivity contribution in [1.82, 2.24) is 9.80 Å². The van der Waals surface area contributed by atoms with E-state index in [9.17, 15) is 9.59 Å². The molecular formula is C23H29N2O3+. The van der Waals surface area contributed by atoms with Gasteiger partial charge in [0.2, 0.25) is 0 Å². The fourth-order valence-corrected chi connectivity index (χ4v) is 4.23. The van der Waals surface area contributed by atoms with Crippen LogP contribution in [-0.2, 0) is 9.53 Å². The lowest BCUT2D eigenvalue weighted by atomic mass is 10.0. The van der Waals surface area contributed by atoms with Crippen LogP contribution in [0, 0.1) is 0 Å². The number of carbonyl (C=O) groups excluding carboxylic acids is 2. The smallest absolute Gasteiger partial charge is 0.414 e. The first kappa shape index (κ1) is 20.1. The van der Waals surface area contributed by atoms with Crippen molar-refractivity contribution in [2.75, 3.05) is 7.05 Å². The van der Waals surface area contributed by atoms with Crippen LogP contribution in [0.1, 0.15) is 45.2 Å². The van der Waals surface area contributed by atoms with Gasteiger partial charge in [0, 0.05) is 25.5 Å². The largest absolute Gasteiger partial charge is 0.522 e.